The van der Waals surface area contributed by atoms with Crippen molar-refractivity contribution in [2.45, 2.75) is 19.1 Å². The van der Waals surface area contributed by atoms with Crippen LogP contribution in [0.25, 0.3) is 0 Å². The first-order valence-electron chi connectivity index (χ1n) is 5.11. The van der Waals surface area contributed by atoms with Gasteiger partial charge in [-0.25, -0.2) is 10.8 Å². The van der Waals surface area contributed by atoms with Crippen LogP contribution in [0, 0.1) is 0 Å². The van der Waals surface area contributed by atoms with Crippen LogP contribution in [0.1, 0.15) is 12.1 Å². The molecule has 1 aromatic rings. The van der Waals surface area contributed by atoms with Gasteiger partial charge in [0.05, 0.1) is 30.0 Å². The Balaban J connectivity index is 1.96. The second-order valence-corrected chi connectivity index (χ2v) is 3.97. The summed E-state index contributed by atoms with van der Waals surface area (Å²) >= 11 is 6.00. The Morgan fingerprint density at radius 3 is 3.19 bits per heavy atom. The fourth-order valence-corrected chi connectivity index (χ4v) is 1.67. The molecule has 0 aliphatic carbocycles. The number of nitrogens with zero attached hydrogens (tertiary/aromatic N) is 1. The standard InChI is InChI=1S/C10H14ClN3O2/c11-8-1-2-10(14-12)13-9(8)6-16-7-3-4-15-5-7/h1-2,7H,3-6,12H2,(H,13,14). The molecule has 0 bridgehead atoms. The van der Waals surface area contributed by atoms with Crippen LogP contribution in [-0.4, -0.2) is 24.3 Å². The summed E-state index contributed by atoms with van der Waals surface area (Å²) in [6, 6.07) is 3.46. The first-order chi connectivity index (χ1) is 7.79. The van der Waals surface area contributed by atoms with Gasteiger partial charge in [0.1, 0.15) is 5.82 Å². The van der Waals surface area contributed by atoms with Crippen molar-refractivity contribution in [2.24, 2.45) is 5.84 Å². The number of anilines is 1. The van der Waals surface area contributed by atoms with Crippen molar-refractivity contribution in [1.29, 1.82) is 0 Å². The molecule has 1 aliphatic rings. The Morgan fingerprint density at radius 1 is 1.62 bits per heavy atom. The van der Waals surface area contributed by atoms with Gasteiger partial charge in [-0.15, -0.1) is 0 Å². The largest absolute Gasteiger partial charge is 0.379 e. The number of halogens is 1. The van der Waals surface area contributed by atoms with Gasteiger partial charge in [-0.1, -0.05) is 11.6 Å². The number of pyridine rings is 1. The van der Waals surface area contributed by atoms with E-state index in [0.717, 1.165) is 13.0 Å². The first kappa shape index (κ1) is 11.6. The predicted molar refractivity (Wildman–Crippen MR) is 61.1 cm³/mol. The third-order valence-corrected chi connectivity index (χ3v) is 2.75. The number of nitrogens with one attached hydrogen (secondary N) is 1. The lowest BCUT2D eigenvalue weighted by molar-refractivity contribution is 0.0302. The number of nitrogen functional groups attached to an aromatic ring is 1. The van der Waals surface area contributed by atoms with Crippen LogP contribution in [0.15, 0.2) is 12.1 Å². The highest BCUT2D eigenvalue weighted by molar-refractivity contribution is 6.31. The Labute approximate surface area is 98.9 Å². The molecule has 0 aromatic carbocycles. The van der Waals surface area contributed by atoms with E-state index in [4.69, 9.17) is 26.9 Å². The number of rotatable bonds is 4. The van der Waals surface area contributed by atoms with Crippen LogP contribution in [0.3, 0.4) is 0 Å². The maximum absolute atomic E-state index is 6.00. The molecule has 0 radical (unpaired) electrons. The molecule has 5 nitrogen and oxygen atoms in total. The van der Waals surface area contributed by atoms with E-state index in [9.17, 15) is 0 Å². The summed E-state index contributed by atoms with van der Waals surface area (Å²) in [5.41, 5.74) is 3.16. The summed E-state index contributed by atoms with van der Waals surface area (Å²) < 4.78 is 10.8. The van der Waals surface area contributed by atoms with Gasteiger partial charge in [0.25, 0.3) is 0 Å². The monoisotopic (exact) mass is 243 g/mol. The molecular weight excluding hydrogens is 230 g/mol. The summed E-state index contributed by atoms with van der Waals surface area (Å²) in [5, 5.41) is 0.581. The van der Waals surface area contributed by atoms with Crippen molar-refractivity contribution >= 4 is 17.4 Å². The molecule has 0 saturated carbocycles. The van der Waals surface area contributed by atoms with E-state index in [1.165, 1.54) is 0 Å². The smallest absolute Gasteiger partial charge is 0.140 e. The average molecular weight is 244 g/mol. The maximum atomic E-state index is 6.00. The van der Waals surface area contributed by atoms with Gasteiger partial charge in [0, 0.05) is 6.61 Å². The van der Waals surface area contributed by atoms with Gasteiger partial charge in [0.15, 0.2) is 0 Å². The van der Waals surface area contributed by atoms with Crippen LogP contribution in [0.5, 0.6) is 0 Å². The lowest BCUT2D eigenvalue weighted by atomic mass is 10.3. The number of hydrazine groups is 1. The summed E-state index contributed by atoms with van der Waals surface area (Å²) in [7, 11) is 0. The quantitative estimate of drug-likeness (QED) is 0.617. The van der Waals surface area contributed by atoms with Crippen molar-refractivity contribution in [3.63, 3.8) is 0 Å². The van der Waals surface area contributed by atoms with Crippen LogP contribution in [0.4, 0.5) is 5.82 Å². The summed E-state index contributed by atoms with van der Waals surface area (Å²) in [5.74, 6) is 5.85. The summed E-state index contributed by atoms with van der Waals surface area (Å²) in [6.07, 6.45) is 1.07. The molecular formula is C10H14ClN3O2. The third kappa shape index (κ3) is 2.82. The normalized spacial score (nSPS) is 20.0. The lowest BCUT2D eigenvalue weighted by Crippen LogP contribution is -2.14. The van der Waals surface area contributed by atoms with E-state index < -0.39 is 0 Å². The third-order valence-electron chi connectivity index (χ3n) is 2.41. The molecule has 1 atom stereocenters. The molecule has 1 unspecified atom stereocenters. The van der Waals surface area contributed by atoms with Crippen LogP contribution in [0.2, 0.25) is 5.02 Å². The fraction of sp³-hybridized carbons (Fsp3) is 0.500. The van der Waals surface area contributed by atoms with Crippen LogP contribution in [-0.2, 0) is 16.1 Å². The zero-order valence-corrected chi connectivity index (χ0v) is 9.54. The second-order valence-electron chi connectivity index (χ2n) is 3.57. The number of nitrogens with two attached hydrogens (primary N) is 1. The summed E-state index contributed by atoms with van der Waals surface area (Å²) in [6.45, 7) is 1.78. The first-order valence-corrected chi connectivity index (χ1v) is 5.49. The Morgan fingerprint density at radius 2 is 2.50 bits per heavy atom. The maximum Gasteiger partial charge on any atom is 0.140 e. The highest BCUT2D eigenvalue weighted by Crippen LogP contribution is 2.19. The van der Waals surface area contributed by atoms with Gasteiger partial charge < -0.3 is 14.9 Å². The zero-order chi connectivity index (χ0) is 11.4. The molecule has 88 valence electrons. The van der Waals surface area contributed by atoms with E-state index in [2.05, 4.69) is 10.4 Å². The van der Waals surface area contributed by atoms with Gasteiger partial charge in [-0.3, -0.25) is 0 Å². The summed E-state index contributed by atoms with van der Waals surface area (Å²) in [4.78, 5) is 4.22. The number of hydrogen-bond acceptors (Lipinski definition) is 5. The van der Waals surface area contributed by atoms with Crippen molar-refractivity contribution < 1.29 is 9.47 Å². The molecule has 3 N–H and O–H groups in total. The number of aromatic nitrogens is 1. The van der Waals surface area contributed by atoms with Crippen molar-refractivity contribution in [3.05, 3.63) is 22.8 Å². The van der Waals surface area contributed by atoms with Gasteiger partial charge in [0.2, 0.25) is 0 Å². The van der Waals surface area contributed by atoms with Crippen molar-refractivity contribution in [1.82, 2.24) is 4.98 Å². The molecule has 0 spiro atoms. The highest BCUT2D eigenvalue weighted by Gasteiger charge is 2.16. The van der Waals surface area contributed by atoms with E-state index in [0.29, 0.717) is 29.7 Å². The van der Waals surface area contributed by atoms with E-state index >= 15 is 0 Å². The fourth-order valence-electron chi connectivity index (χ4n) is 1.51. The Bertz CT molecular complexity index is 356. The minimum atomic E-state index is 0.146. The Kier molecular flexibility index (Phi) is 3.95. The van der Waals surface area contributed by atoms with E-state index in [1.807, 2.05) is 0 Å². The number of ether oxygens (including phenoxy) is 2. The molecule has 2 rings (SSSR count). The molecule has 6 heteroatoms. The molecule has 0 amide bonds. The topological polar surface area (TPSA) is 69.4 Å². The highest BCUT2D eigenvalue weighted by atomic mass is 35.5. The van der Waals surface area contributed by atoms with E-state index in [-0.39, 0.29) is 6.10 Å². The van der Waals surface area contributed by atoms with Gasteiger partial charge in [-0.05, 0) is 18.6 Å². The van der Waals surface area contributed by atoms with E-state index in [1.54, 1.807) is 12.1 Å². The second kappa shape index (κ2) is 5.45. The van der Waals surface area contributed by atoms with Crippen molar-refractivity contribution in [2.75, 3.05) is 18.6 Å². The lowest BCUT2D eigenvalue weighted by Gasteiger charge is -2.11. The molecule has 2 heterocycles. The van der Waals surface area contributed by atoms with Crippen molar-refractivity contribution in [3.8, 4) is 0 Å². The Hall–Kier alpha value is -0.880. The molecule has 1 aliphatic heterocycles. The molecule has 1 fully saturated rings. The average Bonchev–Trinajstić information content (AvgIpc) is 2.81. The molecule has 1 aromatic heterocycles. The van der Waals surface area contributed by atoms with Crippen LogP contribution < -0.4 is 11.3 Å². The minimum Gasteiger partial charge on any atom is -0.379 e. The molecule has 1 saturated heterocycles. The van der Waals surface area contributed by atoms with Crippen LogP contribution >= 0.6 is 11.6 Å². The predicted octanol–water partition coefficient (Wildman–Crippen LogP) is 1.33. The van der Waals surface area contributed by atoms with Gasteiger partial charge in [-0.2, -0.15) is 0 Å². The zero-order valence-electron chi connectivity index (χ0n) is 8.78. The minimum absolute atomic E-state index is 0.146. The number of hydrogen-bond donors (Lipinski definition) is 2. The SMILES string of the molecule is NNc1ccc(Cl)c(COC2CCOC2)n1. The van der Waals surface area contributed by atoms with Gasteiger partial charge >= 0.3 is 0 Å². The molecule has 16 heavy (non-hydrogen) atoms.